The van der Waals surface area contributed by atoms with Crippen molar-refractivity contribution < 1.29 is 26.7 Å². The molecule has 25 heavy (non-hydrogen) atoms. The van der Waals surface area contributed by atoms with Crippen molar-refractivity contribution in [1.29, 1.82) is 0 Å². The van der Waals surface area contributed by atoms with Gasteiger partial charge in [-0.1, -0.05) is 11.6 Å². The number of nitrogens with one attached hydrogen (secondary N) is 1. The standard InChI is InChI=1S/C14H14ClF2N3O4S/c1-7-12(13(15)20(2)18-7)25(22,23)19-11(14(21)24-3)9-6-8(16)4-5-10(9)17/h4-6,11,19H,1-3H3/t11-/m0/s1. The van der Waals surface area contributed by atoms with Crippen molar-refractivity contribution in [3.8, 4) is 0 Å². The zero-order valence-electron chi connectivity index (χ0n) is 13.4. The number of nitrogens with zero attached hydrogens (tertiary/aromatic N) is 2. The first-order chi connectivity index (χ1) is 11.6. The Kier molecular flexibility index (Phi) is 5.45. The van der Waals surface area contributed by atoms with Gasteiger partial charge in [0.2, 0.25) is 10.0 Å². The van der Waals surface area contributed by atoms with Gasteiger partial charge in [0.25, 0.3) is 0 Å². The summed E-state index contributed by atoms with van der Waals surface area (Å²) in [6, 6.07) is 0.513. The van der Waals surface area contributed by atoms with Crippen LogP contribution in [-0.2, 0) is 26.6 Å². The van der Waals surface area contributed by atoms with Crippen LogP contribution in [0.4, 0.5) is 8.78 Å². The molecule has 1 heterocycles. The molecule has 136 valence electrons. The number of hydrogen-bond acceptors (Lipinski definition) is 5. The lowest BCUT2D eigenvalue weighted by Crippen LogP contribution is -2.35. The van der Waals surface area contributed by atoms with E-state index in [1.807, 2.05) is 4.72 Å². The molecule has 1 atom stereocenters. The highest BCUT2D eigenvalue weighted by molar-refractivity contribution is 7.89. The number of carbonyl (C=O) groups excluding carboxylic acids is 1. The fraction of sp³-hybridized carbons (Fsp3) is 0.286. The molecule has 2 aromatic rings. The monoisotopic (exact) mass is 393 g/mol. The van der Waals surface area contributed by atoms with Crippen LogP contribution in [0.15, 0.2) is 23.1 Å². The Bertz CT molecular complexity index is 930. The quantitative estimate of drug-likeness (QED) is 0.783. The molecule has 0 amide bonds. The number of aromatic nitrogens is 2. The van der Waals surface area contributed by atoms with Gasteiger partial charge in [0.15, 0.2) is 0 Å². The molecule has 0 saturated heterocycles. The Balaban J connectivity index is 2.54. The highest BCUT2D eigenvalue weighted by Crippen LogP contribution is 2.27. The lowest BCUT2D eigenvalue weighted by atomic mass is 10.1. The topological polar surface area (TPSA) is 90.3 Å². The van der Waals surface area contributed by atoms with Gasteiger partial charge in [0, 0.05) is 12.6 Å². The lowest BCUT2D eigenvalue weighted by molar-refractivity contribution is -0.142. The maximum absolute atomic E-state index is 14.0. The van der Waals surface area contributed by atoms with E-state index in [9.17, 15) is 22.0 Å². The largest absolute Gasteiger partial charge is 0.468 e. The summed E-state index contributed by atoms with van der Waals surface area (Å²) in [7, 11) is -1.97. The second-order valence-electron chi connectivity index (χ2n) is 5.07. The van der Waals surface area contributed by atoms with Crippen LogP contribution in [0.5, 0.6) is 0 Å². The SMILES string of the molecule is COC(=O)[C@@H](NS(=O)(=O)c1c(C)nn(C)c1Cl)c1cc(F)ccc1F. The third kappa shape index (κ3) is 3.80. The third-order valence-corrected chi connectivity index (χ3v) is 5.47. The first-order valence-electron chi connectivity index (χ1n) is 6.82. The van der Waals surface area contributed by atoms with E-state index in [1.165, 1.54) is 14.0 Å². The van der Waals surface area contributed by atoms with E-state index in [4.69, 9.17) is 11.6 Å². The Labute approximate surface area is 147 Å². The molecule has 0 bridgehead atoms. The summed E-state index contributed by atoms with van der Waals surface area (Å²) in [5.74, 6) is -2.95. The number of halogens is 3. The van der Waals surface area contributed by atoms with E-state index in [1.54, 1.807) is 0 Å². The van der Waals surface area contributed by atoms with Crippen molar-refractivity contribution >= 4 is 27.6 Å². The van der Waals surface area contributed by atoms with Crippen LogP contribution in [0.3, 0.4) is 0 Å². The van der Waals surface area contributed by atoms with Gasteiger partial charge in [-0.05, 0) is 25.1 Å². The van der Waals surface area contributed by atoms with Crippen molar-refractivity contribution in [1.82, 2.24) is 14.5 Å². The van der Waals surface area contributed by atoms with Crippen LogP contribution >= 0.6 is 11.6 Å². The Morgan fingerprint density at radius 3 is 2.56 bits per heavy atom. The van der Waals surface area contributed by atoms with Crippen molar-refractivity contribution in [3.05, 3.63) is 46.2 Å². The summed E-state index contributed by atoms with van der Waals surface area (Å²) in [6.45, 7) is 1.40. The first-order valence-corrected chi connectivity index (χ1v) is 8.68. The smallest absolute Gasteiger partial charge is 0.328 e. The molecule has 0 unspecified atom stereocenters. The molecule has 1 aromatic carbocycles. The van der Waals surface area contributed by atoms with Crippen LogP contribution in [0.25, 0.3) is 0 Å². The van der Waals surface area contributed by atoms with Crippen molar-refractivity contribution in [2.75, 3.05) is 7.11 Å². The molecule has 1 aromatic heterocycles. The van der Waals surface area contributed by atoms with Crippen LogP contribution in [0, 0.1) is 18.6 Å². The average Bonchev–Trinajstić information content (AvgIpc) is 2.80. The van der Waals surface area contributed by atoms with Gasteiger partial charge in [-0.15, -0.1) is 0 Å². The van der Waals surface area contributed by atoms with Crippen LogP contribution in [0.2, 0.25) is 5.15 Å². The van der Waals surface area contributed by atoms with E-state index in [-0.39, 0.29) is 15.7 Å². The highest BCUT2D eigenvalue weighted by atomic mass is 35.5. The number of benzene rings is 1. The van der Waals surface area contributed by atoms with Crippen LogP contribution in [0.1, 0.15) is 17.3 Å². The van der Waals surface area contributed by atoms with Gasteiger partial charge < -0.3 is 4.74 Å². The predicted molar refractivity (Wildman–Crippen MR) is 84.4 cm³/mol. The third-order valence-electron chi connectivity index (χ3n) is 3.35. The van der Waals surface area contributed by atoms with E-state index >= 15 is 0 Å². The average molecular weight is 394 g/mol. The second-order valence-corrected chi connectivity index (χ2v) is 7.08. The lowest BCUT2D eigenvalue weighted by Gasteiger charge is -2.17. The molecular formula is C14H14ClF2N3O4S. The van der Waals surface area contributed by atoms with Crippen molar-refractivity contribution in [2.45, 2.75) is 17.9 Å². The maximum Gasteiger partial charge on any atom is 0.328 e. The second kappa shape index (κ2) is 7.06. The van der Waals surface area contributed by atoms with Crippen molar-refractivity contribution in [2.24, 2.45) is 7.05 Å². The van der Waals surface area contributed by atoms with Crippen LogP contribution in [-0.4, -0.2) is 31.3 Å². The minimum atomic E-state index is -4.39. The molecule has 0 fully saturated rings. The van der Waals surface area contributed by atoms with Crippen LogP contribution < -0.4 is 4.72 Å². The number of aryl methyl sites for hydroxylation is 2. The molecule has 1 N–H and O–H groups in total. The molecular weight excluding hydrogens is 380 g/mol. The number of sulfonamides is 1. The highest BCUT2D eigenvalue weighted by Gasteiger charge is 2.33. The van der Waals surface area contributed by atoms with E-state index in [0.29, 0.717) is 6.07 Å². The molecule has 0 aliphatic carbocycles. The van der Waals surface area contributed by atoms with Gasteiger partial charge in [0.1, 0.15) is 27.7 Å². The molecule has 0 saturated carbocycles. The summed E-state index contributed by atoms with van der Waals surface area (Å²) in [6.07, 6.45) is 0. The fourth-order valence-electron chi connectivity index (χ4n) is 2.22. The van der Waals surface area contributed by atoms with Crippen molar-refractivity contribution in [3.63, 3.8) is 0 Å². The molecule has 0 aliphatic rings. The van der Waals surface area contributed by atoms with Gasteiger partial charge in [-0.3, -0.25) is 4.68 Å². The molecule has 7 nitrogen and oxygen atoms in total. The number of rotatable bonds is 5. The zero-order valence-corrected chi connectivity index (χ0v) is 15.0. The summed E-state index contributed by atoms with van der Waals surface area (Å²) in [5.41, 5.74) is -0.448. The van der Waals surface area contributed by atoms with Gasteiger partial charge in [0.05, 0.1) is 12.8 Å². The Morgan fingerprint density at radius 1 is 1.40 bits per heavy atom. The minimum Gasteiger partial charge on any atom is -0.468 e. The van der Waals surface area contributed by atoms with E-state index < -0.39 is 39.2 Å². The summed E-state index contributed by atoms with van der Waals surface area (Å²) in [4.78, 5) is 11.6. The van der Waals surface area contributed by atoms with E-state index in [0.717, 1.165) is 23.9 Å². The Hall–Kier alpha value is -2.04. The first kappa shape index (κ1) is 19.3. The Morgan fingerprint density at radius 2 is 2.04 bits per heavy atom. The fourth-order valence-corrected chi connectivity index (χ4v) is 4.14. The number of methoxy groups -OCH3 is 1. The molecule has 0 spiro atoms. The van der Waals surface area contributed by atoms with Gasteiger partial charge >= 0.3 is 5.97 Å². The van der Waals surface area contributed by atoms with Gasteiger partial charge in [-0.25, -0.2) is 22.0 Å². The molecule has 0 radical (unpaired) electrons. The zero-order chi connectivity index (χ0) is 18.9. The predicted octanol–water partition coefficient (Wildman–Crippen LogP) is 1.85. The molecule has 2 rings (SSSR count). The number of hydrogen-bond donors (Lipinski definition) is 1. The number of esters is 1. The number of ether oxygens (including phenoxy) is 1. The number of carbonyl (C=O) groups is 1. The van der Waals surface area contributed by atoms with E-state index in [2.05, 4.69) is 9.84 Å². The van der Waals surface area contributed by atoms with Gasteiger partial charge in [-0.2, -0.15) is 9.82 Å². The maximum atomic E-state index is 14.0. The summed E-state index contributed by atoms with van der Waals surface area (Å²) in [5, 5.41) is 3.67. The molecule has 11 heteroatoms. The molecule has 0 aliphatic heterocycles. The summed E-state index contributed by atoms with van der Waals surface area (Å²) < 4.78 is 60.3. The summed E-state index contributed by atoms with van der Waals surface area (Å²) >= 11 is 5.93. The normalized spacial score (nSPS) is 12.9. The minimum absolute atomic E-state index is 0.0725.